The molecule has 0 N–H and O–H groups in total. The second kappa shape index (κ2) is 8.62. The number of pyridine rings is 3. The van der Waals surface area contributed by atoms with Crippen LogP contribution in [0.3, 0.4) is 0 Å². The number of rotatable bonds is 6. The first-order valence-corrected chi connectivity index (χ1v) is 9.86. The van der Waals surface area contributed by atoms with E-state index in [-0.39, 0.29) is 18.3 Å². The lowest BCUT2D eigenvalue weighted by Gasteiger charge is -2.15. The van der Waals surface area contributed by atoms with Gasteiger partial charge in [0.25, 0.3) is 11.8 Å². The topological polar surface area (TPSA) is 104 Å². The number of nitrogens with zero attached hydrogens (tertiary/aromatic N) is 4. The Morgan fingerprint density at radius 3 is 2.62 bits per heavy atom. The van der Waals surface area contributed by atoms with Gasteiger partial charge in [0, 0.05) is 18.0 Å². The zero-order chi connectivity index (χ0) is 22.8. The van der Waals surface area contributed by atoms with Gasteiger partial charge in [0.05, 0.1) is 63.1 Å². The standard InChI is InChI=1S/C23H22N4O5/c1-13-5-17(15-8-19(30-2)22(32-4)25-10-15)26-18-12-27(23(29)21(13)18)16-6-14(9-24-11-16)7-20(28)31-3/h5-6,8-11H,7,12H2,1-4H3. The van der Waals surface area contributed by atoms with Gasteiger partial charge in [-0.1, -0.05) is 0 Å². The molecule has 1 aliphatic heterocycles. The zero-order valence-electron chi connectivity index (χ0n) is 18.2. The van der Waals surface area contributed by atoms with E-state index in [1.165, 1.54) is 14.2 Å². The lowest BCUT2D eigenvalue weighted by molar-refractivity contribution is -0.139. The number of aryl methyl sites for hydroxylation is 1. The number of methoxy groups -OCH3 is 3. The van der Waals surface area contributed by atoms with Crippen molar-refractivity contribution >= 4 is 17.6 Å². The van der Waals surface area contributed by atoms with E-state index in [0.29, 0.717) is 46.4 Å². The van der Waals surface area contributed by atoms with Gasteiger partial charge in [0.15, 0.2) is 5.75 Å². The van der Waals surface area contributed by atoms with Crippen LogP contribution in [0.15, 0.2) is 36.8 Å². The first-order chi connectivity index (χ1) is 15.4. The second-order valence-electron chi connectivity index (χ2n) is 7.28. The number of hydrogen-bond acceptors (Lipinski definition) is 8. The average Bonchev–Trinajstić information content (AvgIpc) is 3.15. The molecule has 0 radical (unpaired) electrons. The van der Waals surface area contributed by atoms with Crippen molar-refractivity contribution in [3.63, 3.8) is 0 Å². The molecule has 0 unspecified atom stereocenters. The van der Waals surface area contributed by atoms with Crippen molar-refractivity contribution in [2.45, 2.75) is 19.9 Å². The molecule has 0 fully saturated rings. The summed E-state index contributed by atoms with van der Waals surface area (Å²) in [6.45, 7) is 2.18. The predicted octanol–water partition coefficient (Wildman–Crippen LogP) is 2.74. The summed E-state index contributed by atoms with van der Waals surface area (Å²) in [6, 6.07) is 5.42. The molecule has 0 aromatic carbocycles. The smallest absolute Gasteiger partial charge is 0.310 e. The largest absolute Gasteiger partial charge is 0.491 e. The van der Waals surface area contributed by atoms with Gasteiger partial charge in [-0.25, -0.2) is 4.98 Å². The molecule has 32 heavy (non-hydrogen) atoms. The molecule has 164 valence electrons. The van der Waals surface area contributed by atoms with Crippen molar-refractivity contribution in [3.8, 4) is 22.9 Å². The van der Waals surface area contributed by atoms with E-state index in [1.807, 2.05) is 13.0 Å². The maximum Gasteiger partial charge on any atom is 0.310 e. The number of anilines is 1. The van der Waals surface area contributed by atoms with Crippen molar-refractivity contribution in [2.24, 2.45) is 0 Å². The molecule has 0 saturated heterocycles. The molecule has 0 bridgehead atoms. The van der Waals surface area contributed by atoms with Gasteiger partial charge in [-0.05, 0) is 36.2 Å². The van der Waals surface area contributed by atoms with E-state index in [4.69, 9.17) is 19.2 Å². The summed E-state index contributed by atoms with van der Waals surface area (Å²) in [5.74, 6) is 0.357. The number of carbonyl (C=O) groups excluding carboxylic acids is 2. The minimum atomic E-state index is -0.370. The third-order valence-corrected chi connectivity index (χ3v) is 5.25. The normalized spacial score (nSPS) is 12.5. The van der Waals surface area contributed by atoms with Crippen LogP contribution < -0.4 is 14.4 Å². The number of amides is 1. The monoisotopic (exact) mass is 434 g/mol. The molecule has 3 aromatic heterocycles. The first kappa shape index (κ1) is 21.2. The molecule has 4 rings (SSSR count). The molecular weight excluding hydrogens is 412 g/mol. The Morgan fingerprint density at radius 1 is 1.09 bits per heavy atom. The van der Waals surface area contributed by atoms with Crippen molar-refractivity contribution in [2.75, 3.05) is 26.2 Å². The lowest BCUT2D eigenvalue weighted by Crippen LogP contribution is -2.23. The molecule has 4 heterocycles. The Morgan fingerprint density at radius 2 is 1.91 bits per heavy atom. The Bertz CT molecular complexity index is 1210. The summed E-state index contributed by atoms with van der Waals surface area (Å²) >= 11 is 0. The minimum absolute atomic E-state index is 0.0834. The van der Waals surface area contributed by atoms with Gasteiger partial charge in [0.1, 0.15) is 0 Å². The van der Waals surface area contributed by atoms with Crippen LogP contribution in [0.1, 0.15) is 27.2 Å². The molecule has 0 aliphatic carbocycles. The lowest BCUT2D eigenvalue weighted by atomic mass is 10.0. The van der Waals surface area contributed by atoms with Crippen LogP contribution in [0.4, 0.5) is 5.69 Å². The zero-order valence-corrected chi connectivity index (χ0v) is 18.2. The predicted molar refractivity (Wildman–Crippen MR) is 116 cm³/mol. The van der Waals surface area contributed by atoms with Gasteiger partial charge >= 0.3 is 5.97 Å². The van der Waals surface area contributed by atoms with Crippen LogP contribution in [0.2, 0.25) is 0 Å². The highest BCUT2D eigenvalue weighted by Crippen LogP contribution is 2.34. The Balaban J connectivity index is 1.67. The van der Waals surface area contributed by atoms with E-state index in [0.717, 1.165) is 11.1 Å². The summed E-state index contributed by atoms with van der Waals surface area (Å²) < 4.78 is 15.3. The average molecular weight is 434 g/mol. The van der Waals surface area contributed by atoms with E-state index >= 15 is 0 Å². The van der Waals surface area contributed by atoms with Crippen molar-refractivity contribution in [1.29, 1.82) is 0 Å². The van der Waals surface area contributed by atoms with Crippen molar-refractivity contribution in [1.82, 2.24) is 15.0 Å². The number of esters is 1. The molecule has 0 spiro atoms. The Hall–Kier alpha value is -4.01. The van der Waals surface area contributed by atoms with Crippen LogP contribution in [0.5, 0.6) is 11.6 Å². The maximum absolute atomic E-state index is 13.2. The molecule has 1 aliphatic rings. The van der Waals surface area contributed by atoms with Gasteiger partial charge in [-0.15, -0.1) is 0 Å². The Labute approximate surface area is 185 Å². The molecule has 1 amide bonds. The third-order valence-electron chi connectivity index (χ3n) is 5.25. The maximum atomic E-state index is 13.2. The van der Waals surface area contributed by atoms with Gasteiger partial charge in [-0.3, -0.25) is 19.6 Å². The first-order valence-electron chi connectivity index (χ1n) is 9.86. The van der Waals surface area contributed by atoms with Gasteiger partial charge in [-0.2, -0.15) is 0 Å². The van der Waals surface area contributed by atoms with E-state index in [1.54, 1.807) is 42.7 Å². The summed E-state index contributed by atoms with van der Waals surface area (Å²) in [4.78, 5) is 39.5. The van der Waals surface area contributed by atoms with Crippen LogP contribution in [0, 0.1) is 6.92 Å². The van der Waals surface area contributed by atoms with Crippen LogP contribution in [0.25, 0.3) is 11.3 Å². The van der Waals surface area contributed by atoms with Gasteiger partial charge < -0.3 is 19.1 Å². The molecule has 9 nitrogen and oxygen atoms in total. The molecular formula is C23H22N4O5. The highest BCUT2D eigenvalue weighted by atomic mass is 16.5. The summed E-state index contributed by atoms with van der Waals surface area (Å²) in [6.07, 6.45) is 4.92. The highest BCUT2D eigenvalue weighted by Gasteiger charge is 2.32. The fourth-order valence-electron chi connectivity index (χ4n) is 3.69. The summed E-state index contributed by atoms with van der Waals surface area (Å²) in [7, 11) is 4.40. The Kier molecular flexibility index (Phi) is 5.72. The van der Waals surface area contributed by atoms with E-state index < -0.39 is 0 Å². The SMILES string of the molecule is COC(=O)Cc1cncc(N2Cc3nc(-c4cnc(OC)c(OC)c4)cc(C)c3C2=O)c1. The molecule has 3 aromatic rings. The number of hydrogen-bond donors (Lipinski definition) is 0. The number of ether oxygens (including phenoxy) is 3. The van der Waals surface area contributed by atoms with Crippen molar-refractivity contribution < 1.29 is 23.8 Å². The highest BCUT2D eigenvalue weighted by molar-refractivity contribution is 6.10. The summed E-state index contributed by atoms with van der Waals surface area (Å²) in [5, 5.41) is 0. The van der Waals surface area contributed by atoms with E-state index in [2.05, 4.69) is 9.97 Å². The molecule has 0 atom stereocenters. The quantitative estimate of drug-likeness (QED) is 0.546. The van der Waals surface area contributed by atoms with Gasteiger partial charge in [0.2, 0.25) is 0 Å². The number of fused-ring (bicyclic) bond motifs is 1. The number of aromatic nitrogens is 3. The number of carbonyl (C=O) groups is 2. The minimum Gasteiger partial charge on any atom is -0.491 e. The van der Waals surface area contributed by atoms with E-state index in [9.17, 15) is 9.59 Å². The van der Waals surface area contributed by atoms with Crippen LogP contribution >= 0.6 is 0 Å². The summed E-state index contributed by atoms with van der Waals surface area (Å²) in [5.41, 5.74) is 4.75. The second-order valence-corrected chi connectivity index (χ2v) is 7.28. The third kappa shape index (κ3) is 3.84. The molecule has 9 heteroatoms. The van der Waals surface area contributed by atoms with Crippen LogP contribution in [-0.2, 0) is 22.5 Å². The van der Waals surface area contributed by atoms with Crippen LogP contribution in [-0.4, -0.2) is 48.2 Å². The fourth-order valence-corrected chi connectivity index (χ4v) is 3.69. The van der Waals surface area contributed by atoms with Crippen molar-refractivity contribution in [3.05, 3.63) is 59.2 Å². The molecule has 0 saturated carbocycles. The fraction of sp³-hybridized carbons (Fsp3) is 0.261.